The molecule has 0 saturated carbocycles. The topological polar surface area (TPSA) is 77.3 Å². The van der Waals surface area contributed by atoms with Crippen molar-refractivity contribution >= 4 is 40.1 Å². The number of hydrogen-bond donors (Lipinski definition) is 1. The molecule has 0 bridgehead atoms. The van der Waals surface area contributed by atoms with Gasteiger partial charge in [0.15, 0.2) is 5.65 Å². The minimum absolute atomic E-state index is 0.117. The van der Waals surface area contributed by atoms with Gasteiger partial charge < -0.3 is 19.7 Å². The first-order valence-corrected chi connectivity index (χ1v) is 9.53. The highest BCUT2D eigenvalue weighted by atomic mass is 35.5. The molecule has 1 fully saturated rings. The molecule has 3 heterocycles. The van der Waals surface area contributed by atoms with Crippen LogP contribution in [0, 0.1) is 0 Å². The third-order valence-electron chi connectivity index (χ3n) is 4.70. The van der Waals surface area contributed by atoms with E-state index in [1.54, 1.807) is 18.0 Å². The molecule has 1 aliphatic rings. The average molecular weight is 403 g/mol. The fourth-order valence-electron chi connectivity index (χ4n) is 3.47. The zero-order valence-electron chi connectivity index (χ0n) is 16.3. The molecule has 9 heteroatoms. The first kappa shape index (κ1) is 18.8. The maximum atomic E-state index is 6.27. The number of nitrogens with zero attached hydrogens (tertiary/aromatic N) is 5. The van der Waals surface area contributed by atoms with E-state index >= 15 is 0 Å². The number of anilines is 3. The van der Waals surface area contributed by atoms with Gasteiger partial charge >= 0.3 is 0 Å². The van der Waals surface area contributed by atoms with E-state index in [0.29, 0.717) is 22.5 Å². The molecular formula is C19H23ClN6O2. The molecule has 28 heavy (non-hydrogen) atoms. The number of hydrogen-bond acceptors (Lipinski definition) is 7. The molecule has 8 nitrogen and oxygen atoms in total. The lowest BCUT2D eigenvalue weighted by Gasteiger charge is -2.35. The van der Waals surface area contributed by atoms with Gasteiger partial charge in [0.2, 0.25) is 5.95 Å². The lowest BCUT2D eigenvalue weighted by atomic mass is 10.2. The Bertz CT molecular complexity index is 997. The maximum absolute atomic E-state index is 6.27. The van der Waals surface area contributed by atoms with E-state index in [9.17, 15) is 0 Å². The van der Waals surface area contributed by atoms with Crippen molar-refractivity contribution in [3.63, 3.8) is 0 Å². The average Bonchev–Trinajstić information content (AvgIpc) is 3.02. The zero-order chi connectivity index (χ0) is 19.8. The predicted octanol–water partition coefficient (Wildman–Crippen LogP) is 3.38. The molecular weight excluding hydrogens is 380 g/mol. The quantitative estimate of drug-likeness (QED) is 0.716. The molecule has 3 aromatic rings. The SMILES string of the molecule is COc1ccc(Nc2nc(N3CC(C)OC(C)C3)nc3c2cnn3C)cc1Cl. The van der Waals surface area contributed by atoms with Crippen molar-refractivity contribution in [2.45, 2.75) is 26.1 Å². The van der Waals surface area contributed by atoms with Gasteiger partial charge in [-0.3, -0.25) is 4.68 Å². The molecule has 0 spiro atoms. The van der Waals surface area contributed by atoms with Crippen LogP contribution in [-0.2, 0) is 11.8 Å². The Morgan fingerprint density at radius 1 is 1.21 bits per heavy atom. The monoisotopic (exact) mass is 402 g/mol. The lowest BCUT2D eigenvalue weighted by Crippen LogP contribution is -2.46. The number of ether oxygens (including phenoxy) is 2. The Morgan fingerprint density at radius 3 is 2.64 bits per heavy atom. The van der Waals surface area contributed by atoms with Gasteiger partial charge in [0.25, 0.3) is 0 Å². The smallest absolute Gasteiger partial charge is 0.229 e. The number of rotatable bonds is 4. The second-order valence-corrected chi connectivity index (χ2v) is 7.42. The lowest BCUT2D eigenvalue weighted by molar-refractivity contribution is -0.00569. The molecule has 1 aromatic carbocycles. The number of nitrogens with one attached hydrogen (secondary N) is 1. The number of benzene rings is 1. The second kappa shape index (κ2) is 7.44. The summed E-state index contributed by atoms with van der Waals surface area (Å²) in [7, 11) is 3.46. The molecule has 0 amide bonds. The van der Waals surface area contributed by atoms with Gasteiger partial charge in [-0.15, -0.1) is 0 Å². The third kappa shape index (κ3) is 3.57. The van der Waals surface area contributed by atoms with E-state index in [4.69, 9.17) is 31.0 Å². The summed E-state index contributed by atoms with van der Waals surface area (Å²) in [6.07, 6.45) is 2.00. The molecule has 1 N–H and O–H groups in total. The number of halogens is 1. The van der Waals surface area contributed by atoms with Crippen LogP contribution in [0.1, 0.15) is 13.8 Å². The molecule has 4 rings (SSSR count). The number of aryl methyl sites for hydroxylation is 1. The van der Waals surface area contributed by atoms with Crippen LogP contribution in [0.15, 0.2) is 24.4 Å². The molecule has 2 unspecified atom stereocenters. The number of fused-ring (bicyclic) bond motifs is 1. The molecule has 0 radical (unpaired) electrons. The van der Waals surface area contributed by atoms with Crippen LogP contribution >= 0.6 is 11.6 Å². The number of methoxy groups -OCH3 is 1. The minimum Gasteiger partial charge on any atom is -0.495 e. The van der Waals surface area contributed by atoms with Crippen molar-refractivity contribution in [3.05, 3.63) is 29.4 Å². The van der Waals surface area contributed by atoms with Crippen molar-refractivity contribution < 1.29 is 9.47 Å². The maximum Gasteiger partial charge on any atom is 0.229 e. The Labute approximate surface area is 168 Å². The summed E-state index contributed by atoms with van der Waals surface area (Å²) in [5, 5.41) is 9.06. The van der Waals surface area contributed by atoms with Crippen LogP contribution in [0.2, 0.25) is 5.02 Å². The van der Waals surface area contributed by atoms with E-state index in [-0.39, 0.29) is 12.2 Å². The fourth-order valence-corrected chi connectivity index (χ4v) is 3.73. The highest BCUT2D eigenvalue weighted by molar-refractivity contribution is 6.32. The minimum atomic E-state index is 0.117. The van der Waals surface area contributed by atoms with Crippen molar-refractivity contribution in [2.24, 2.45) is 7.05 Å². The van der Waals surface area contributed by atoms with Gasteiger partial charge in [-0.1, -0.05) is 11.6 Å². The van der Waals surface area contributed by atoms with Crippen molar-refractivity contribution in [1.29, 1.82) is 0 Å². The van der Waals surface area contributed by atoms with E-state index in [2.05, 4.69) is 29.2 Å². The van der Waals surface area contributed by atoms with Crippen molar-refractivity contribution in [2.75, 3.05) is 30.4 Å². The van der Waals surface area contributed by atoms with Crippen LogP contribution in [0.4, 0.5) is 17.5 Å². The largest absolute Gasteiger partial charge is 0.495 e. The summed E-state index contributed by atoms with van der Waals surface area (Å²) in [5.41, 5.74) is 1.57. The Balaban J connectivity index is 1.74. The summed E-state index contributed by atoms with van der Waals surface area (Å²) < 4.78 is 12.8. The number of morpholine rings is 1. The normalized spacial score (nSPS) is 19.8. The second-order valence-electron chi connectivity index (χ2n) is 7.01. The van der Waals surface area contributed by atoms with Gasteiger partial charge in [-0.2, -0.15) is 15.1 Å². The molecule has 0 aliphatic carbocycles. The van der Waals surface area contributed by atoms with E-state index < -0.39 is 0 Å². The van der Waals surface area contributed by atoms with Crippen molar-refractivity contribution in [3.8, 4) is 5.75 Å². The van der Waals surface area contributed by atoms with Crippen LogP contribution < -0.4 is 15.0 Å². The predicted molar refractivity (Wildman–Crippen MR) is 110 cm³/mol. The van der Waals surface area contributed by atoms with Gasteiger partial charge in [-0.25, -0.2) is 0 Å². The fraction of sp³-hybridized carbons (Fsp3) is 0.421. The summed E-state index contributed by atoms with van der Waals surface area (Å²) in [4.78, 5) is 11.7. The Kier molecular flexibility index (Phi) is 4.99. The summed E-state index contributed by atoms with van der Waals surface area (Å²) >= 11 is 6.27. The molecule has 148 valence electrons. The van der Waals surface area contributed by atoms with Crippen LogP contribution in [-0.4, -0.2) is 52.2 Å². The molecule has 2 aromatic heterocycles. The van der Waals surface area contributed by atoms with Gasteiger partial charge in [0.05, 0.1) is 35.9 Å². The highest BCUT2D eigenvalue weighted by Gasteiger charge is 2.25. The summed E-state index contributed by atoms with van der Waals surface area (Å²) in [5.74, 6) is 1.96. The van der Waals surface area contributed by atoms with Crippen LogP contribution in [0.5, 0.6) is 5.75 Å². The zero-order valence-corrected chi connectivity index (χ0v) is 17.1. The standard InChI is InChI=1S/C19H23ClN6O2/c1-11-9-26(10-12(2)28-11)19-23-17(14-8-21-25(3)18(14)24-19)22-13-5-6-16(27-4)15(20)7-13/h5-8,11-12H,9-10H2,1-4H3,(H,22,23,24). The first-order valence-electron chi connectivity index (χ1n) is 9.15. The Morgan fingerprint density at radius 2 is 1.96 bits per heavy atom. The highest BCUT2D eigenvalue weighted by Crippen LogP contribution is 2.31. The van der Waals surface area contributed by atoms with Crippen molar-refractivity contribution in [1.82, 2.24) is 19.7 Å². The molecule has 1 aliphatic heterocycles. The number of aromatic nitrogens is 4. The summed E-state index contributed by atoms with van der Waals surface area (Å²) in [6, 6.07) is 5.52. The van der Waals surface area contributed by atoms with Crippen LogP contribution in [0.25, 0.3) is 11.0 Å². The van der Waals surface area contributed by atoms with E-state index in [0.717, 1.165) is 29.8 Å². The Hall–Kier alpha value is -2.58. The first-order chi connectivity index (χ1) is 13.4. The summed E-state index contributed by atoms with van der Waals surface area (Å²) in [6.45, 7) is 5.59. The molecule has 1 saturated heterocycles. The molecule has 2 atom stereocenters. The third-order valence-corrected chi connectivity index (χ3v) is 4.99. The van der Waals surface area contributed by atoms with Gasteiger partial charge in [0.1, 0.15) is 11.6 Å². The van der Waals surface area contributed by atoms with Crippen LogP contribution in [0.3, 0.4) is 0 Å². The van der Waals surface area contributed by atoms with E-state index in [1.807, 2.05) is 25.2 Å². The van der Waals surface area contributed by atoms with Gasteiger partial charge in [0, 0.05) is 25.8 Å². The van der Waals surface area contributed by atoms with Gasteiger partial charge in [-0.05, 0) is 32.0 Å². The van der Waals surface area contributed by atoms with E-state index in [1.165, 1.54) is 0 Å².